The molecule has 0 bridgehead atoms. The van der Waals surface area contributed by atoms with E-state index in [1.54, 1.807) is 18.5 Å². The number of hydrogen-bond donors (Lipinski definition) is 1. The summed E-state index contributed by atoms with van der Waals surface area (Å²) in [6.07, 6.45) is 3.86. The molecule has 2 aromatic rings. The van der Waals surface area contributed by atoms with Crippen molar-refractivity contribution < 1.29 is 4.79 Å². The van der Waals surface area contributed by atoms with Crippen molar-refractivity contribution in [3.63, 3.8) is 0 Å². The first kappa shape index (κ1) is 22.8. The van der Waals surface area contributed by atoms with Gasteiger partial charge in [-0.05, 0) is 24.6 Å². The number of guanidine groups is 1. The van der Waals surface area contributed by atoms with E-state index in [9.17, 15) is 4.79 Å². The largest absolute Gasteiger partial charge is 0.357 e. The second kappa shape index (κ2) is 11.5. The number of amides is 1. The van der Waals surface area contributed by atoms with Gasteiger partial charge in [0.05, 0.1) is 6.54 Å². The van der Waals surface area contributed by atoms with E-state index in [1.807, 2.05) is 48.0 Å². The molecule has 3 rings (SSSR count). The van der Waals surface area contributed by atoms with Crippen LogP contribution in [-0.4, -0.2) is 78.0 Å². The summed E-state index contributed by atoms with van der Waals surface area (Å²) < 4.78 is 0. The van der Waals surface area contributed by atoms with Crippen LogP contribution in [0.25, 0.3) is 0 Å². The molecule has 1 saturated heterocycles. The number of benzene rings is 1. The third-order valence-electron chi connectivity index (χ3n) is 5.12. The Morgan fingerprint density at radius 1 is 1.16 bits per heavy atom. The minimum absolute atomic E-state index is 0.127. The molecule has 166 valence electrons. The maximum Gasteiger partial charge on any atom is 0.225 e. The Morgan fingerprint density at radius 2 is 1.87 bits per heavy atom. The molecule has 0 spiro atoms. The van der Waals surface area contributed by atoms with Crippen molar-refractivity contribution in [1.29, 1.82) is 0 Å². The van der Waals surface area contributed by atoms with Crippen molar-refractivity contribution in [1.82, 2.24) is 25.1 Å². The van der Waals surface area contributed by atoms with Gasteiger partial charge in [0.1, 0.15) is 0 Å². The summed E-state index contributed by atoms with van der Waals surface area (Å²) in [6, 6.07) is 9.59. The smallest absolute Gasteiger partial charge is 0.225 e. The maximum absolute atomic E-state index is 12.6. The van der Waals surface area contributed by atoms with Crippen LogP contribution in [0.2, 0.25) is 5.02 Å². The van der Waals surface area contributed by atoms with Crippen molar-refractivity contribution in [3.05, 3.63) is 53.3 Å². The van der Waals surface area contributed by atoms with Crippen LogP contribution in [0.5, 0.6) is 0 Å². The van der Waals surface area contributed by atoms with Crippen LogP contribution in [0.4, 0.5) is 5.95 Å². The second-order valence-electron chi connectivity index (χ2n) is 7.35. The van der Waals surface area contributed by atoms with E-state index in [4.69, 9.17) is 11.6 Å². The highest BCUT2D eigenvalue weighted by molar-refractivity contribution is 6.31. The Kier molecular flexibility index (Phi) is 8.46. The molecule has 1 fully saturated rings. The zero-order valence-electron chi connectivity index (χ0n) is 18.2. The van der Waals surface area contributed by atoms with E-state index in [0.29, 0.717) is 32.6 Å². The molecule has 1 aromatic heterocycles. The maximum atomic E-state index is 12.6. The Bertz CT molecular complexity index is 869. The average Bonchev–Trinajstić information content (AvgIpc) is 2.80. The first-order valence-corrected chi connectivity index (χ1v) is 11.0. The Balaban J connectivity index is 1.49. The van der Waals surface area contributed by atoms with Crippen molar-refractivity contribution >= 4 is 29.4 Å². The van der Waals surface area contributed by atoms with Crippen LogP contribution in [0, 0.1) is 0 Å². The average molecular weight is 444 g/mol. The number of hydrogen-bond acceptors (Lipinski definition) is 5. The first-order chi connectivity index (χ1) is 15.1. The molecular weight excluding hydrogens is 414 g/mol. The third-order valence-corrected chi connectivity index (χ3v) is 5.49. The van der Waals surface area contributed by atoms with Crippen molar-refractivity contribution in [2.45, 2.75) is 19.9 Å². The number of piperazine rings is 1. The number of anilines is 1. The van der Waals surface area contributed by atoms with Crippen LogP contribution in [-0.2, 0) is 11.3 Å². The summed E-state index contributed by atoms with van der Waals surface area (Å²) in [5.74, 6) is 1.61. The Morgan fingerprint density at radius 3 is 2.55 bits per heavy atom. The Hall–Kier alpha value is -2.87. The summed E-state index contributed by atoms with van der Waals surface area (Å²) in [6.45, 7) is 6.69. The molecule has 9 heteroatoms. The van der Waals surface area contributed by atoms with Crippen LogP contribution in [0.3, 0.4) is 0 Å². The van der Waals surface area contributed by atoms with Gasteiger partial charge in [-0.1, -0.05) is 29.8 Å². The lowest BCUT2D eigenvalue weighted by molar-refractivity contribution is -0.131. The molecule has 1 amide bonds. The summed E-state index contributed by atoms with van der Waals surface area (Å²) in [7, 11) is 1.97. The molecule has 0 aliphatic carbocycles. The van der Waals surface area contributed by atoms with Gasteiger partial charge in [0.25, 0.3) is 0 Å². The number of nitrogens with one attached hydrogen (secondary N) is 1. The fourth-order valence-corrected chi connectivity index (χ4v) is 3.65. The highest BCUT2D eigenvalue weighted by atomic mass is 35.5. The first-order valence-electron chi connectivity index (χ1n) is 10.6. The number of rotatable bonds is 7. The van der Waals surface area contributed by atoms with Crippen LogP contribution >= 0.6 is 11.6 Å². The van der Waals surface area contributed by atoms with Gasteiger partial charge >= 0.3 is 0 Å². The highest BCUT2D eigenvalue weighted by Gasteiger charge is 2.22. The van der Waals surface area contributed by atoms with E-state index < -0.39 is 0 Å². The summed E-state index contributed by atoms with van der Waals surface area (Å²) in [4.78, 5) is 31.9. The molecule has 1 aliphatic heterocycles. The predicted octanol–water partition coefficient (Wildman–Crippen LogP) is 2.27. The van der Waals surface area contributed by atoms with Gasteiger partial charge in [-0.15, -0.1) is 0 Å². The van der Waals surface area contributed by atoms with Gasteiger partial charge in [0.2, 0.25) is 11.9 Å². The molecule has 0 saturated carbocycles. The number of halogens is 1. The number of nitrogens with zero attached hydrogens (tertiary/aromatic N) is 6. The zero-order valence-corrected chi connectivity index (χ0v) is 18.9. The van der Waals surface area contributed by atoms with E-state index in [2.05, 4.69) is 25.2 Å². The van der Waals surface area contributed by atoms with E-state index in [-0.39, 0.29) is 5.91 Å². The van der Waals surface area contributed by atoms with Gasteiger partial charge in [0.15, 0.2) is 5.96 Å². The van der Waals surface area contributed by atoms with Gasteiger partial charge in [-0.2, -0.15) is 0 Å². The molecule has 0 radical (unpaired) electrons. The van der Waals surface area contributed by atoms with Crippen LogP contribution in [0.1, 0.15) is 18.9 Å². The fraction of sp³-hybridized carbons (Fsp3) is 0.455. The molecule has 0 unspecified atom stereocenters. The predicted molar refractivity (Wildman–Crippen MR) is 124 cm³/mol. The van der Waals surface area contributed by atoms with Gasteiger partial charge in [-0.3, -0.25) is 9.79 Å². The lowest BCUT2D eigenvalue weighted by Gasteiger charge is -2.34. The number of carbonyl (C=O) groups is 1. The van der Waals surface area contributed by atoms with E-state index >= 15 is 0 Å². The second-order valence-corrected chi connectivity index (χ2v) is 7.76. The monoisotopic (exact) mass is 443 g/mol. The molecule has 1 N–H and O–H groups in total. The fourth-order valence-electron chi connectivity index (χ4n) is 3.45. The van der Waals surface area contributed by atoms with Crippen molar-refractivity contribution in [2.75, 3.05) is 51.2 Å². The normalized spacial score (nSPS) is 14.5. The molecule has 1 aliphatic rings. The summed E-state index contributed by atoms with van der Waals surface area (Å²) >= 11 is 6.28. The van der Waals surface area contributed by atoms with Crippen LogP contribution < -0.4 is 10.2 Å². The van der Waals surface area contributed by atoms with Gasteiger partial charge in [-0.25, -0.2) is 9.97 Å². The standard InChI is InChI=1S/C22H30ClN7O/c1-3-24-21(28(2)17-18-7-4-5-8-19(18)23)27-12-9-20(31)29-13-15-30(16-14-29)22-25-10-6-11-26-22/h4-8,10-11H,3,9,12-17H2,1-2H3,(H,24,27). The molecule has 8 nitrogen and oxygen atoms in total. The molecule has 1 aromatic carbocycles. The van der Waals surface area contributed by atoms with Crippen molar-refractivity contribution in [3.8, 4) is 0 Å². The van der Waals surface area contributed by atoms with Gasteiger partial charge in [0, 0.05) is 70.2 Å². The lowest BCUT2D eigenvalue weighted by Crippen LogP contribution is -2.49. The summed E-state index contributed by atoms with van der Waals surface area (Å²) in [5.41, 5.74) is 1.04. The minimum atomic E-state index is 0.127. The van der Waals surface area contributed by atoms with Gasteiger partial charge < -0.3 is 20.0 Å². The van der Waals surface area contributed by atoms with Crippen LogP contribution in [0.15, 0.2) is 47.7 Å². The Labute approximate surface area is 188 Å². The van der Waals surface area contributed by atoms with E-state index in [0.717, 1.165) is 42.1 Å². The lowest BCUT2D eigenvalue weighted by atomic mass is 10.2. The summed E-state index contributed by atoms with van der Waals surface area (Å²) in [5, 5.41) is 4.02. The molecular formula is C22H30ClN7O. The highest BCUT2D eigenvalue weighted by Crippen LogP contribution is 2.16. The number of aliphatic imine (C=N–C) groups is 1. The van der Waals surface area contributed by atoms with Crippen molar-refractivity contribution in [2.24, 2.45) is 4.99 Å². The SMILES string of the molecule is CCNC(=NCCC(=O)N1CCN(c2ncccn2)CC1)N(C)Cc1ccccc1Cl. The molecule has 0 atom stereocenters. The third kappa shape index (κ3) is 6.55. The quantitative estimate of drug-likeness (QED) is 0.522. The number of aromatic nitrogens is 2. The van der Waals surface area contributed by atoms with E-state index in [1.165, 1.54) is 0 Å². The zero-order chi connectivity index (χ0) is 22.1. The minimum Gasteiger partial charge on any atom is -0.357 e. The molecule has 2 heterocycles. The number of carbonyl (C=O) groups excluding carboxylic acids is 1. The molecule has 31 heavy (non-hydrogen) atoms. The topological polar surface area (TPSA) is 77.0 Å².